The molecule has 2 heterocycles. The Bertz CT molecular complexity index is 392. The first-order chi connectivity index (χ1) is 6.73. The van der Waals surface area contributed by atoms with Crippen LogP contribution in [0.3, 0.4) is 0 Å². The van der Waals surface area contributed by atoms with E-state index < -0.39 is 0 Å². The number of fused-ring (bicyclic) bond motifs is 2. The first-order valence-corrected chi connectivity index (χ1v) is 5.94. The zero-order valence-electron chi connectivity index (χ0n) is 8.25. The van der Waals surface area contributed by atoms with Crippen molar-refractivity contribution >= 4 is 17.2 Å². The summed E-state index contributed by atoms with van der Waals surface area (Å²) in [5.74, 6) is 0.207. The molecule has 3 rings (SSSR count). The molecule has 1 amide bonds. The number of nitrogens with zero attached hydrogens (tertiary/aromatic N) is 1. The van der Waals surface area contributed by atoms with Gasteiger partial charge in [-0.05, 0) is 24.3 Å². The average molecular weight is 207 g/mol. The van der Waals surface area contributed by atoms with Crippen molar-refractivity contribution in [1.29, 1.82) is 0 Å². The maximum Gasteiger partial charge on any atom is 0.254 e. The Hall–Kier alpha value is -0.830. The highest BCUT2D eigenvalue weighted by Gasteiger charge is 2.46. The highest BCUT2D eigenvalue weighted by molar-refractivity contribution is 7.10. The fourth-order valence-corrected chi connectivity index (χ4v) is 3.82. The maximum atomic E-state index is 11.8. The Morgan fingerprint density at radius 3 is 2.93 bits per heavy atom. The lowest BCUT2D eigenvalue weighted by atomic mass is 9.65. The average Bonchev–Trinajstić information content (AvgIpc) is 2.57. The van der Waals surface area contributed by atoms with Gasteiger partial charge >= 0.3 is 0 Å². The van der Waals surface area contributed by atoms with Gasteiger partial charge in [-0.25, -0.2) is 0 Å². The zero-order valence-corrected chi connectivity index (χ0v) is 9.06. The van der Waals surface area contributed by atoms with Crippen molar-refractivity contribution < 1.29 is 4.79 Å². The van der Waals surface area contributed by atoms with Crippen LogP contribution in [0.15, 0.2) is 11.4 Å². The third-order valence-corrected chi connectivity index (χ3v) is 4.74. The Kier molecular flexibility index (Phi) is 1.57. The molecule has 0 aromatic carbocycles. The van der Waals surface area contributed by atoms with Crippen molar-refractivity contribution in [3.63, 3.8) is 0 Å². The Morgan fingerprint density at radius 1 is 1.50 bits per heavy atom. The van der Waals surface area contributed by atoms with E-state index in [2.05, 4.69) is 5.38 Å². The van der Waals surface area contributed by atoms with Gasteiger partial charge in [0.25, 0.3) is 5.91 Å². The second kappa shape index (κ2) is 2.60. The molecule has 1 aliphatic heterocycles. The van der Waals surface area contributed by atoms with E-state index in [4.69, 9.17) is 0 Å². The summed E-state index contributed by atoms with van der Waals surface area (Å²) in [6.45, 7) is 0.930. The van der Waals surface area contributed by atoms with Gasteiger partial charge in [0, 0.05) is 23.9 Å². The van der Waals surface area contributed by atoms with Crippen molar-refractivity contribution in [2.24, 2.45) is 0 Å². The van der Waals surface area contributed by atoms with E-state index in [1.54, 1.807) is 11.3 Å². The molecule has 1 spiro atoms. The minimum Gasteiger partial charge on any atom is -0.341 e. The van der Waals surface area contributed by atoms with Crippen LogP contribution >= 0.6 is 11.3 Å². The minimum atomic E-state index is 0.207. The van der Waals surface area contributed by atoms with Crippen LogP contribution in [0.1, 0.15) is 34.5 Å². The molecular weight excluding hydrogens is 194 g/mol. The van der Waals surface area contributed by atoms with Crippen LogP contribution in [0.5, 0.6) is 0 Å². The number of amides is 1. The van der Waals surface area contributed by atoms with Gasteiger partial charge in [0.15, 0.2) is 0 Å². The van der Waals surface area contributed by atoms with Crippen molar-refractivity contribution in [2.75, 3.05) is 13.6 Å². The number of carbonyl (C=O) groups excluding carboxylic acids is 1. The van der Waals surface area contributed by atoms with Crippen LogP contribution in [-0.4, -0.2) is 24.4 Å². The molecular formula is C11H13NOS. The quantitative estimate of drug-likeness (QED) is 0.639. The van der Waals surface area contributed by atoms with Crippen LogP contribution in [0.25, 0.3) is 0 Å². The van der Waals surface area contributed by atoms with Gasteiger partial charge in [0.1, 0.15) is 0 Å². The molecule has 0 N–H and O–H groups in total. The minimum absolute atomic E-state index is 0.207. The molecule has 3 heteroatoms. The lowest BCUT2D eigenvalue weighted by Crippen LogP contribution is -2.50. The number of hydrogen-bond donors (Lipinski definition) is 0. The summed E-state index contributed by atoms with van der Waals surface area (Å²) in [6.07, 6.45) is 3.84. The summed E-state index contributed by atoms with van der Waals surface area (Å²) in [5, 5.41) is 2.06. The molecule has 74 valence electrons. The number of hydrogen-bond acceptors (Lipinski definition) is 2. The molecule has 1 aliphatic carbocycles. The summed E-state index contributed by atoms with van der Waals surface area (Å²) in [5.41, 5.74) is 1.30. The molecule has 2 nitrogen and oxygen atoms in total. The summed E-state index contributed by atoms with van der Waals surface area (Å²) >= 11 is 1.77. The monoisotopic (exact) mass is 207 g/mol. The van der Waals surface area contributed by atoms with E-state index in [0.29, 0.717) is 5.41 Å². The van der Waals surface area contributed by atoms with Gasteiger partial charge in [0.2, 0.25) is 0 Å². The number of likely N-dealkylation sites (N-methyl/N-ethyl adjacent to an activating group) is 1. The SMILES string of the molecule is CN1CC2(CCC2)c2sccc2C1=O. The zero-order chi connectivity index (χ0) is 9.76. The van der Waals surface area contributed by atoms with E-state index >= 15 is 0 Å². The van der Waals surface area contributed by atoms with Gasteiger partial charge in [-0.3, -0.25) is 4.79 Å². The van der Waals surface area contributed by atoms with Gasteiger partial charge < -0.3 is 4.90 Å². The van der Waals surface area contributed by atoms with E-state index in [1.807, 2.05) is 18.0 Å². The predicted octanol–water partition coefficient (Wildman–Crippen LogP) is 2.26. The first-order valence-electron chi connectivity index (χ1n) is 5.06. The normalized spacial score (nSPS) is 23.5. The number of rotatable bonds is 0. The second-order valence-corrected chi connectivity index (χ2v) is 5.37. The molecule has 1 saturated carbocycles. The summed E-state index contributed by atoms with van der Waals surface area (Å²) < 4.78 is 0. The molecule has 0 bridgehead atoms. The molecule has 1 aromatic rings. The Balaban J connectivity index is 2.14. The van der Waals surface area contributed by atoms with E-state index in [0.717, 1.165) is 12.1 Å². The van der Waals surface area contributed by atoms with Crippen LogP contribution < -0.4 is 0 Å². The van der Waals surface area contributed by atoms with Crippen molar-refractivity contribution in [2.45, 2.75) is 24.7 Å². The fourth-order valence-electron chi connectivity index (χ4n) is 2.68. The van der Waals surface area contributed by atoms with E-state index in [9.17, 15) is 4.79 Å². The van der Waals surface area contributed by atoms with Crippen molar-refractivity contribution in [3.8, 4) is 0 Å². The second-order valence-electron chi connectivity index (χ2n) is 4.46. The topological polar surface area (TPSA) is 20.3 Å². The van der Waals surface area contributed by atoms with Gasteiger partial charge in [-0.15, -0.1) is 11.3 Å². The number of carbonyl (C=O) groups is 1. The smallest absolute Gasteiger partial charge is 0.254 e. The summed E-state index contributed by atoms with van der Waals surface area (Å²) in [7, 11) is 1.92. The third kappa shape index (κ3) is 0.883. The third-order valence-electron chi connectivity index (χ3n) is 3.57. The standard InChI is InChI=1S/C11H13NOS/c1-12-7-11(4-2-5-11)9-8(10(12)13)3-6-14-9/h3,6H,2,4-5,7H2,1H3. The molecule has 14 heavy (non-hydrogen) atoms. The Morgan fingerprint density at radius 2 is 2.29 bits per heavy atom. The van der Waals surface area contributed by atoms with Gasteiger partial charge in [0.05, 0.1) is 5.56 Å². The van der Waals surface area contributed by atoms with Crippen LogP contribution in [0.4, 0.5) is 0 Å². The van der Waals surface area contributed by atoms with Crippen molar-refractivity contribution in [3.05, 3.63) is 21.9 Å². The molecule has 0 unspecified atom stereocenters. The molecule has 0 radical (unpaired) electrons. The van der Waals surface area contributed by atoms with Gasteiger partial charge in [-0.2, -0.15) is 0 Å². The predicted molar refractivity (Wildman–Crippen MR) is 56.8 cm³/mol. The Labute approximate surface area is 87.5 Å². The van der Waals surface area contributed by atoms with Crippen LogP contribution in [0.2, 0.25) is 0 Å². The highest BCUT2D eigenvalue weighted by Crippen LogP contribution is 2.49. The fraction of sp³-hybridized carbons (Fsp3) is 0.545. The lowest BCUT2D eigenvalue weighted by Gasteiger charge is -2.47. The largest absolute Gasteiger partial charge is 0.341 e. The first kappa shape index (κ1) is 8.48. The van der Waals surface area contributed by atoms with Crippen LogP contribution in [-0.2, 0) is 5.41 Å². The lowest BCUT2D eigenvalue weighted by molar-refractivity contribution is 0.0659. The van der Waals surface area contributed by atoms with E-state index in [1.165, 1.54) is 24.1 Å². The van der Waals surface area contributed by atoms with Crippen molar-refractivity contribution in [1.82, 2.24) is 4.90 Å². The molecule has 0 atom stereocenters. The van der Waals surface area contributed by atoms with Crippen LogP contribution in [0, 0.1) is 0 Å². The molecule has 2 aliphatic rings. The van der Waals surface area contributed by atoms with E-state index in [-0.39, 0.29) is 5.91 Å². The highest BCUT2D eigenvalue weighted by atomic mass is 32.1. The molecule has 0 saturated heterocycles. The summed E-state index contributed by atoms with van der Waals surface area (Å²) in [6, 6.07) is 1.98. The molecule has 1 fully saturated rings. The van der Waals surface area contributed by atoms with Gasteiger partial charge in [-0.1, -0.05) is 6.42 Å². The number of thiophene rings is 1. The summed E-state index contributed by atoms with van der Waals surface area (Å²) in [4.78, 5) is 15.1. The maximum absolute atomic E-state index is 11.8. The molecule has 1 aromatic heterocycles.